The number of benzene rings is 1. The molecule has 0 saturated carbocycles. The van der Waals surface area contributed by atoms with Crippen LogP contribution in [-0.4, -0.2) is 50.6 Å². The topological polar surface area (TPSA) is 53.6 Å². The predicted molar refractivity (Wildman–Crippen MR) is 81.4 cm³/mol. The van der Waals surface area contributed by atoms with Crippen molar-refractivity contribution in [3.8, 4) is 5.75 Å². The van der Waals surface area contributed by atoms with Gasteiger partial charge in [-0.15, -0.1) is 12.4 Å². The summed E-state index contributed by atoms with van der Waals surface area (Å²) in [4.78, 5) is 14.0. The van der Waals surface area contributed by atoms with Gasteiger partial charge < -0.3 is 15.4 Å². The van der Waals surface area contributed by atoms with Gasteiger partial charge in [0.05, 0.1) is 13.7 Å². The van der Waals surface area contributed by atoms with Crippen LogP contribution in [0.2, 0.25) is 0 Å². The summed E-state index contributed by atoms with van der Waals surface area (Å²) < 4.78 is 5.10. The van der Waals surface area contributed by atoms with E-state index in [-0.39, 0.29) is 18.3 Å². The van der Waals surface area contributed by atoms with E-state index in [1.54, 1.807) is 7.11 Å². The fraction of sp³-hybridized carbons (Fsp3) is 0.500. The molecule has 1 aliphatic rings. The van der Waals surface area contributed by atoms with Gasteiger partial charge in [-0.2, -0.15) is 0 Å². The average molecular weight is 300 g/mol. The lowest BCUT2D eigenvalue weighted by Crippen LogP contribution is -2.47. The molecule has 0 aliphatic carbocycles. The molecule has 5 nitrogen and oxygen atoms in total. The average Bonchev–Trinajstić information content (AvgIpc) is 2.47. The van der Waals surface area contributed by atoms with Crippen molar-refractivity contribution in [1.29, 1.82) is 0 Å². The van der Waals surface area contributed by atoms with E-state index in [2.05, 4.69) is 15.5 Å². The highest BCUT2D eigenvalue weighted by molar-refractivity contribution is 5.85. The fourth-order valence-corrected chi connectivity index (χ4v) is 2.07. The molecule has 20 heavy (non-hydrogen) atoms. The number of carbonyl (C=O) groups excluding carboxylic acids is 1. The molecule has 0 bridgehead atoms. The molecule has 1 aromatic carbocycles. The molecule has 0 spiro atoms. The second kappa shape index (κ2) is 8.79. The number of nitrogens with zero attached hydrogens (tertiary/aromatic N) is 1. The van der Waals surface area contributed by atoms with Crippen LogP contribution in [0.15, 0.2) is 24.3 Å². The van der Waals surface area contributed by atoms with E-state index in [0.29, 0.717) is 13.1 Å². The summed E-state index contributed by atoms with van der Waals surface area (Å²) in [6, 6.07) is 7.73. The molecule has 1 aromatic rings. The lowest BCUT2D eigenvalue weighted by Gasteiger charge is -2.26. The summed E-state index contributed by atoms with van der Waals surface area (Å²) in [7, 11) is 1.64. The first kappa shape index (κ1) is 16.8. The Morgan fingerprint density at radius 3 is 2.55 bits per heavy atom. The molecule has 0 radical (unpaired) electrons. The van der Waals surface area contributed by atoms with Gasteiger partial charge in [0.15, 0.2) is 0 Å². The van der Waals surface area contributed by atoms with Crippen LogP contribution in [0.5, 0.6) is 5.75 Å². The largest absolute Gasteiger partial charge is 0.497 e. The number of hydrogen-bond acceptors (Lipinski definition) is 4. The molecule has 0 aromatic heterocycles. The van der Waals surface area contributed by atoms with E-state index in [1.165, 1.54) is 0 Å². The number of ether oxygens (including phenoxy) is 1. The van der Waals surface area contributed by atoms with Crippen molar-refractivity contribution >= 4 is 18.3 Å². The van der Waals surface area contributed by atoms with Crippen LogP contribution in [0.4, 0.5) is 0 Å². The molecule has 2 rings (SSSR count). The van der Waals surface area contributed by atoms with Crippen molar-refractivity contribution in [2.75, 3.05) is 39.8 Å². The van der Waals surface area contributed by atoms with E-state index >= 15 is 0 Å². The Kier molecular flexibility index (Phi) is 7.36. The quantitative estimate of drug-likeness (QED) is 0.838. The Morgan fingerprint density at radius 1 is 1.30 bits per heavy atom. The number of hydrogen-bond donors (Lipinski definition) is 2. The molecule has 112 valence electrons. The zero-order valence-corrected chi connectivity index (χ0v) is 12.5. The molecule has 1 aliphatic heterocycles. The lowest BCUT2D eigenvalue weighted by molar-refractivity contribution is -0.122. The van der Waals surface area contributed by atoms with E-state index < -0.39 is 0 Å². The van der Waals surface area contributed by atoms with Gasteiger partial charge in [0, 0.05) is 32.7 Å². The molecular formula is C14H22ClN3O2. The molecule has 1 saturated heterocycles. The van der Waals surface area contributed by atoms with Gasteiger partial charge >= 0.3 is 0 Å². The van der Waals surface area contributed by atoms with Crippen molar-refractivity contribution in [3.63, 3.8) is 0 Å². The van der Waals surface area contributed by atoms with Crippen molar-refractivity contribution < 1.29 is 9.53 Å². The minimum atomic E-state index is 0. The highest BCUT2D eigenvalue weighted by atomic mass is 35.5. The number of rotatable bonds is 5. The van der Waals surface area contributed by atoms with Crippen molar-refractivity contribution in [3.05, 3.63) is 29.8 Å². The van der Waals surface area contributed by atoms with Gasteiger partial charge in [0.1, 0.15) is 5.75 Å². The number of carbonyl (C=O) groups is 1. The Morgan fingerprint density at radius 2 is 1.95 bits per heavy atom. The molecule has 1 fully saturated rings. The number of methoxy groups -OCH3 is 1. The van der Waals surface area contributed by atoms with E-state index in [0.717, 1.165) is 37.5 Å². The van der Waals surface area contributed by atoms with Crippen LogP contribution in [0.3, 0.4) is 0 Å². The molecule has 1 amide bonds. The normalized spacial score (nSPS) is 15.2. The van der Waals surface area contributed by atoms with Gasteiger partial charge in [-0.1, -0.05) is 12.1 Å². The third-order valence-electron chi connectivity index (χ3n) is 3.23. The lowest BCUT2D eigenvalue weighted by atomic mass is 10.2. The number of piperazine rings is 1. The minimum absolute atomic E-state index is 0. The number of nitrogens with one attached hydrogen (secondary N) is 2. The third kappa shape index (κ3) is 5.36. The predicted octanol–water partition coefficient (Wildman–Crippen LogP) is 0.638. The first-order chi connectivity index (χ1) is 9.28. The minimum Gasteiger partial charge on any atom is -0.497 e. The molecule has 6 heteroatoms. The van der Waals surface area contributed by atoms with Gasteiger partial charge in [-0.05, 0) is 17.7 Å². The van der Waals surface area contributed by atoms with Crippen molar-refractivity contribution in [2.24, 2.45) is 0 Å². The maximum Gasteiger partial charge on any atom is 0.234 e. The van der Waals surface area contributed by atoms with Crippen LogP contribution < -0.4 is 15.4 Å². The van der Waals surface area contributed by atoms with Crippen LogP contribution in [0, 0.1) is 0 Å². The maximum absolute atomic E-state index is 11.8. The molecule has 2 N–H and O–H groups in total. The molecule has 0 atom stereocenters. The first-order valence-electron chi connectivity index (χ1n) is 6.60. The van der Waals surface area contributed by atoms with Crippen molar-refractivity contribution in [2.45, 2.75) is 6.54 Å². The van der Waals surface area contributed by atoms with Crippen LogP contribution in [-0.2, 0) is 11.3 Å². The van der Waals surface area contributed by atoms with Gasteiger partial charge in [0.25, 0.3) is 0 Å². The zero-order valence-electron chi connectivity index (χ0n) is 11.7. The van der Waals surface area contributed by atoms with E-state index in [1.807, 2.05) is 24.3 Å². The highest BCUT2D eigenvalue weighted by Crippen LogP contribution is 2.10. The Balaban J connectivity index is 0.00000200. The van der Waals surface area contributed by atoms with Gasteiger partial charge in [-0.3, -0.25) is 9.69 Å². The summed E-state index contributed by atoms with van der Waals surface area (Å²) >= 11 is 0. The highest BCUT2D eigenvalue weighted by Gasteiger charge is 2.12. The summed E-state index contributed by atoms with van der Waals surface area (Å²) in [5, 5.41) is 6.21. The van der Waals surface area contributed by atoms with Crippen LogP contribution in [0.25, 0.3) is 0 Å². The third-order valence-corrected chi connectivity index (χ3v) is 3.23. The Labute approximate surface area is 126 Å². The van der Waals surface area contributed by atoms with Gasteiger partial charge in [0.2, 0.25) is 5.91 Å². The zero-order chi connectivity index (χ0) is 13.5. The molecule has 1 heterocycles. The maximum atomic E-state index is 11.8. The summed E-state index contributed by atoms with van der Waals surface area (Å²) in [5.41, 5.74) is 1.08. The summed E-state index contributed by atoms with van der Waals surface area (Å²) in [6.07, 6.45) is 0. The first-order valence-corrected chi connectivity index (χ1v) is 6.60. The summed E-state index contributed by atoms with van der Waals surface area (Å²) in [6.45, 7) is 4.86. The standard InChI is InChI=1S/C14H21N3O2.ClH/c1-19-13-4-2-12(3-5-13)10-16-14(18)11-17-8-6-15-7-9-17;/h2-5,15H,6-11H2,1H3,(H,16,18);1H. The second-order valence-electron chi connectivity index (χ2n) is 4.65. The smallest absolute Gasteiger partial charge is 0.234 e. The Bertz CT molecular complexity index is 405. The van der Waals surface area contributed by atoms with E-state index in [9.17, 15) is 4.79 Å². The monoisotopic (exact) mass is 299 g/mol. The number of amides is 1. The summed E-state index contributed by atoms with van der Waals surface area (Å²) in [5.74, 6) is 0.911. The fourth-order valence-electron chi connectivity index (χ4n) is 2.07. The number of halogens is 1. The molecular weight excluding hydrogens is 278 g/mol. The SMILES string of the molecule is COc1ccc(CNC(=O)CN2CCNCC2)cc1.Cl. The van der Waals surface area contributed by atoms with E-state index in [4.69, 9.17) is 4.74 Å². The molecule has 0 unspecified atom stereocenters. The van der Waals surface area contributed by atoms with Crippen molar-refractivity contribution in [1.82, 2.24) is 15.5 Å². The Hall–Kier alpha value is -1.30. The van der Waals surface area contributed by atoms with Gasteiger partial charge in [-0.25, -0.2) is 0 Å². The van der Waals surface area contributed by atoms with Crippen LogP contribution >= 0.6 is 12.4 Å². The van der Waals surface area contributed by atoms with Crippen LogP contribution in [0.1, 0.15) is 5.56 Å². The second-order valence-corrected chi connectivity index (χ2v) is 4.65.